The Bertz CT molecular complexity index is 3700. The SMILES string of the molecule is c1ccc(-c2ccc(N(c3ccc(-c4cc5c6c(c4)CCc4cc(-c7ccc(N(c8ccc(-c9ccccc9)cc8)c8cccc9ccccc89)cc7)cc(c4-6)CC5)cc3)c3cccc4ccccc34)cc2)cc1. The van der Waals surface area contributed by atoms with Crippen LogP contribution in [0.2, 0.25) is 0 Å². The van der Waals surface area contributed by atoms with Gasteiger partial charge in [0.05, 0.1) is 11.4 Å². The van der Waals surface area contributed by atoms with E-state index in [1.165, 1.54) is 111 Å². The Morgan fingerprint density at radius 1 is 0.216 bits per heavy atom. The topological polar surface area (TPSA) is 6.48 Å². The lowest BCUT2D eigenvalue weighted by atomic mass is 9.73. The highest BCUT2D eigenvalue weighted by Gasteiger charge is 2.28. The summed E-state index contributed by atoms with van der Waals surface area (Å²) in [5, 5.41) is 4.91. The number of nitrogens with zero attached hydrogens (tertiary/aromatic N) is 2. The molecule has 14 rings (SSSR count). The largest absolute Gasteiger partial charge is 0.310 e. The maximum atomic E-state index is 2.49. The van der Waals surface area contributed by atoms with Crippen LogP contribution in [0.3, 0.4) is 0 Å². The zero-order chi connectivity index (χ0) is 49.0. The standard InChI is InChI=1S/C72H52N2/c1-3-13-49(14-4-1)51-29-37-63(38-30-51)73(69-23-11-19-55-17-7-9-21-67(55)69)65-41-33-53(34-42-65)61-45-57-25-27-59-47-62(48-60-28-26-58(46-61)71(57)72(59)60)54-35-43-66(44-36-54)74(70-24-12-20-56-18-8-10-22-68(56)70)64-39-31-52(32-40-64)50-15-5-2-6-16-50/h1-24,29-48H,25-28H2. The van der Waals surface area contributed by atoms with Crippen LogP contribution < -0.4 is 9.80 Å². The molecule has 74 heavy (non-hydrogen) atoms. The van der Waals surface area contributed by atoms with Gasteiger partial charge in [0.1, 0.15) is 0 Å². The van der Waals surface area contributed by atoms with E-state index in [1.54, 1.807) is 0 Å². The first-order valence-corrected chi connectivity index (χ1v) is 26.1. The van der Waals surface area contributed by atoms with Crippen LogP contribution in [-0.4, -0.2) is 0 Å². The summed E-state index contributed by atoms with van der Waals surface area (Å²) in [5.41, 5.74) is 25.7. The van der Waals surface area contributed by atoms with Crippen molar-refractivity contribution in [2.45, 2.75) is 25.7 Å². The summed E-state index contributed by atoms with van der Waals surface area (Å²) in [6.45, 7) is 0. The summed E-state index contributed by atoms with van der Waals surface area (Å²) in [5.74, 6) is 0. The van der Waals surface area contributed by atoms with Crippen LogP contribution in [-0.2, 0) is 25.7 Å². The van der Waals surface area contributed by atoms with E-state index in [4.69, 9.17) is 0 Å². The van der Waals surface area contributed by atoms with Crippen LogP contribution in [0, 0.1) is 0 Å². The van der Waals surface area contributed by atoms with Crippen LogP contribution >= 0.6 is 0 Å². The maximum absolute atomic E-state index is 2.49. The molecular formula is C72H52N2. The van der Waals surface area contributed by atoms with Gasteiger partial charge in [-0.3, -0.25) is 0 Å². The molecule has 2 nitrogen and oxygen atoms in total. The zero-order valence-electron chi connectivity index (χ0n) is 41.1. The van der Waals surface area contributed by atoms with Gasteiger partial charge in [-0.2, -0.15) is 0 Å². The molecule has 2 aliphatic carbocycles. The number of rotatable bonds is 10. The van der Waals surface area contributed by atoms with Crippen LogP contribution in [0.4, 0.5) is 34.1 Å². The lowest BCUT2D eigenvalue weighted by Gasteiger charge is -2.31. The molecule has 0 unspecified atom stereocenters. The second kappa shape index (κ2) is 18.4. The lowest BCUT2D eigenvalue weighted by Crippen LogP contribution is -2.14. The Labute approximate surface area is 433 Å². The average Bonchev–Trinajstić information content (AvgIpc) is 3.48. The Kier molecular flexibility index (Phi) is 10.8. The van der Waals surface area contributed by atoms with E-state index in [9.17, 15) is 0 Å². The van der Waals surface area contributed by atoms with Crippen LogP contribution in [0.15, 0.2) is 267 Å². The summed E-state index contributed by atoms with van der Waals surface area (Å²) in [7, 11) is 0. The van der Waals surface area contributed by atoms with E-state index in [-0.39, 0.29) is 0 Å². The summed E-state index contributed by atoms with van der Waals surface area (Å²) in [6, 6.07) is 98.4. The summed E-state index contributed by atoms with van der Waals surface area (Å²) < 4.78 is 0. The molecule has 0 amide bonds. The van der Waals surface area contributed by atoms with Gasteiger partial charge in [-0.05, 0) is 175 Å². The predicted octanol–water partition coefficient (Wildman–Crippen LogP) is 19.5. The normalized spacial score (nSPS) is 12.4. The fourth-order valence-corrected chi connectivity index (χ4v) is 12.0. The minimum Gasteiger partial charge on any atom is -0.310 e. The van der Waals surface area contributed by atoms with E-state index >= 15 is 0 Å². The van der Waals surface area contributed by atoms with Gasteiger partial charge in [0.2, 0.25) is 0 Å². The molecule has 0 aliphatic heterocycles. The molecule has 0 N–H and O–H groups in total. The minimum absolute atomic E-state index is 1.04. The van der Waals surface area contributed by atoms with Gasteiger partial charge in [-0.15, -0.1) is 0 Å². The second-order valence-electron chi connectivity index (χ2n) is 19.9. The average molecular weight is 945 g/mol. The molecule has 0 saturated carbocycles. The van der Waals surface area contributed by atoms with Crippen molar-refractivity contribution in [1.82, 2.24) is 0 Å². The summed E-state index contributed by atoms with van der Waals surface area (Å²) in [4.78, 5) is 4.82. The van der Waals surface area contributed by atoms with Gasteiger partial charge in [0.15, 0.2) is 0 Å². The van der Waals surface area contributed by atoms with Gasteiger partial charge in [0.25, 0.3) is 0 Å². The fraction of sp³-hybridized carbons (Fsp3) is 0.0556. The molecule has 350 valence electrons. The maximum Gasteiger partial charge on any atom is 0.0540 e. The Morgan fingerprint density at radius 3 is 0.824 bits per heavy atom. The van der Waals surface area contributed by atoms with Crippen LogP contribution in [0.25, 0.3) is 77.2 Å². The van der Waals surface area contributed by atoms with Crippen molar-refractivity contribution in [2.75, 3.05) is 9.80 Å². The van der Waals surface area contributed by atoms with Gasteiger partial charge >= 0.3 is 0 Å². The monoisotopic (exact) mass is 944 g/mol. The van der Waals surface area contributed by atoms with Crippen molar-refractivity contribution in [2.24, 2.45) is 0 Å². The molecule has 0 saturated heterocycles. The highest BCUT2D eigenvalue weighted by molar-refractivity contribution is 6.01. The molecule has 0 radical (unpaired) electrons. The molecule has 0 spiro atoms. The molecule has 0 bridgehead atoms. The van der Waals surface area contributed by atoms with Crippen molar-refractivity contribution in [3.63, 3.8) is 0 Å². The van der Waals surface area contributed by atoms with E-state index in [1.807, 2.05) is 0 Å². The molecule has 0 heterocycles. The number of fused-ring (bicyclic) bond motifs is 2. The molecule has 0 fully saturated rings. The fourth-order valence-electron chi connectivity index (χ4n) is 12.0. The van der Waals surface area contributed by atoms with Crippen molar-refractivity contribution in [1.29, 1.82) is 0 Å². The van der Waals surface area contributed by atoms with E-state index in [0.717, 1.165) is 48.4 Å². The zero-order valence-corrected chi connectivity index (χ0v) is 41.1. The smallest absolute Gasteiger partial charge is 0.0540 e. The summed E-state index contributed by atoms with van der Waals surface area (Å²) in [6.07, 6.45) is 4.17. The van der Waals surface area contributed by atoms with Gasteiger partial charge in [-0.25, -0.2) is 0 Å². The summed E-state index contributed by atoms with van der Waals surface area (Å²) >= 11 is 0. The molecule has 0 atom stereocenters. The first kappa shape index (κ1) is 43.5. The van der Waals surface area contributed by atoms with Gasteiger partial charge in [-0.1, -0.05) is 206 Å². The van der Waals surface area contributed by atoms with Crippen molar-refractivity contribution in [3.8, 4) is 55.6 Å². The first-order chi connectivity index (χ1) is 36.7. The minimum atomic E-state index is 1.04. The number of aryl methyl sites for hydroxylation is 4. The number of hydrogen-bond acceptors (Lipinski definition) is 2. The van der Waals surface area contributed by atoms with Gasteiger partial charge in [0, 0.05) is 33.5 Å². The number of anilines is 6. The van der Waals surface area contributed by atoms with E-state index in [2.05, 4.69) is 277 Å². The third-order valence-electron chi connectivity index (χ3n) is 15.6. The molecule has 0 aromatic heterocycles. The third kappa shape index (κ3) is 7.84. The first-order valence-electron chi connectivity index (χ1n) is 26.1. The van der Waals surface area contributed by atoms with Crippen molar-refractivity contribution in [3.05, 3.63) is 289 Å². The van der Waals surface area contributed by atoms with Crippen molar-refractivity contribution < 1.29 is 0 Å². The number of benzene rings is 12. The third-order valence-corrected chi connectivity index (χ3v) is 15.6. The van der Waals surface area contributed by atoms with Crippen molar-refractivity contribution >= 4 is 55.7 Å². The molecule has 2 aliphatic rings. The highest BCUT2D eigenvalue weighted by atomic mass is 15.1. The van der Waals surface area contributed by atoms with Gasteiger partial charge < -0.3 is 9.80 Å². The molecule has 12 aromatic carbocycles. The molecular weight excluding hydrogens is 893 g/mol. The van der Waals surface area contributed by atoms with E-state index in [0.29, 0.717) is 0 Å². The molecule has 12 aromatic rings. The Balaban J connectivity index is 0.769. The highest BCUT2D eigenvalue weighted by Crippen LogP contribution is 2.48. The Hall–Kier alpha value is -9.24. The van der Waals surface area contributed by atoms with E-state index < -0.39 is 0 Å². The lowest BCUT2D eigenvalue weighted by molar-refractivity contribution is 0.878. The second-order valence-corrected chi connectivity index (χ2v) is 19.9. The quantitative estimate of drug-likeness (QED) is 0.135. The van der Waals surface area contributed by atoms with Crippen LogP contribution in [0.5, 0.6) is 0 Å². The Morgan fingerprint density at radius 2 is 0.486 bits per heavy atom. The predicted molar refractivity (Wildman–Crippen MR) is 313 cm³/mol. The van der Waals surface area contributed by atoms with Crippen LogP contribution in [0.1, 0.15) is 22.3 Å². The number of hydrogen-bond donors (Lipinski definition) is 0. The molecule has 2 heteroatoms.